The Morgan fingerprint density at radius 3 is 1.94 bits per heavy atom. The molecule has 0 aliphatic carbocycles. The Morgan fingerprint density at radius 1 is 0.781 bits per heavy atom. The smallest absolute Gasteiger partial charge is 0.353 e. The minimum Gasteiger partial charge on any atom is -0.457 e. The van der Waals surface area contributed by atoms with Crippen molar-refractivity contribution in [2.75, 3.05) is 10.6 Å². The molecule has 0 spiro atoms. The summed E-state index contributed by atoms with van der Waals surface area (Å²) in [7, 11) is 0. The van der Waals surface area contributed by atoms with Crippen molar-refractivity contribution in [1.29, 1.82) is 0 Å². The zero-order valence-electron chi connectivity index (χ0n) is 17.6. The maximum atomic E-state index is 11.8. The molecule has 1 heterocycles. The van der Waals surface area contributed by atoms with E-state index in [4.69, 9.17) is 4.74 Å². The monoisotopic (exact) mass is 427 g/mol. The highest BCUT2D eigenvalue weighted by Crippen LogP contribution is 2.34. The molecule has 4 rings (SSSR count). The quantitative estimate of drug-likeness (QED) is 0.264. The van der Waals surface area contributed by atoms with Crippen LogP contribution in [0.25, 0.3) is 0 Å². The van der Waals surface area contributed by atoms with Crippen molar-refractivity contribution >= 4 is 28.7 Å². The second-order valence-corrected chi connectivity index (χ2v) is 7.24. The fraction of sp³-hybridized carbons (Fsp3) is 0.0833. The van der Waals surface area contributed by atoms with Gasteiger partial charge in [-0.25, -0.2) is 9.97 Å². The molecule has 8 heteroatoms. The highest BCUT2D eigenvalue weighted by atomic mass is 16.6. The van der Waals surface area contributed by atoms with E-state index in [2.05, 4.69) is 20.6 Å². The molecular formula is C24H21N5O3. The summed E-state index contributed by atoms with van der Waals surface area (Å²) in [4.78, 5) is 19.5. The Kier molecular flexibility index (Phi) is 5.94. The van der Waals surface area contributed by atoms with Crippen molar-refractivity contribution in [2.24, 2.45) is 0 Å². The first kappa shape index (κ1) is 20.8. The van der Waals surface area contributed by atoms with Gasteiger partial charge in [0.05, 0.1) is 4.92 Å². The fourth-order valence-corrected chi connectivity index (χ4v) is 3.29. The summed E-state index contributed by atoms with van der Waals surface area (Å²) in [6, 6.07) is 22.3. The molecule has 32 heavy (non-hydrogen) atoms. The van der Waals surface area contributed by atoms with Crippen molar-refractivity contribution in [1.82, 2.24) is 9.97 Å². The van der Waals surface area contributed by atoms with Crippen molar-refractivity contribution in [3.05, 3.63) is 100 Å². The van der Waals surface area contributed by atoms with Gasteiger partial charge in [0.15, 0.2) is 0 Å². The number of nitrogens with zero attached hydrogens (tertiary/aromatic N) is 3. The number of aryl methyl sites for hydroxylation is 2. The van der Waals surface area contributed by atoms with E-state index in [0.717, 1.165) is 22.6 Å². The van der Waals surface area contributed by atoms with Crippen LogP contribution in [0.3, 0.4) is 0 Å². The average molecular weight is 427 g/mol. The number of nitro groups is 1. The molecule has 3 aromatic carbocycles. The third-order valence-corrected chi connectivity index (χ3v) is 4.59. The summed E-state index contributed by atoms with van der Waals surface area (Å²) in [5.74, 6) is 1.58. The molecule has 0 atom stereocenters. The lowest BCUT2D eigenvalue weighted by molar-refractivity contribution is -0.383. The first-order valence-electron chi connectivity index (χ1n) is 9.92. The van der Waals surface area contributed by atoms with Crippen molar-refractivity contribution in [2.45, 2.75) is 13.8 Å². The Balaban J connectivity index is 1.57. The molecule has 160 valence electrons. The van der Waals surface area contributed by atoms with Crippen LogP contribution in [0.4, 0.5) is 28.7 Å². The molecule has 0 amide bonds. The Bertz CT molecular complexity index is 1220. The van der Waals surface area contributed by atoms with Crippen molar-refractivity contribution < 1.29 is 9.66 Å². The molecule has 0 fully saturated rings. The van der Waals surface area contributed by atoms with Crippen LogP contribution in [0.2, 0.25) is 0 Å². The number of hydrogen-bond donors (Lipinski definition) is 2. The van der Waals surface area contributed by atoms with E-state index in [-0.39, 0.29) is 17.3 Å². The Morgan fingerprint density at radius 2 is 1.34 bits per heavy atom. The predicted octanol–water partition coefficient (Wildman–Crippen LogP) is 6.28. The minimum absolute atomic E-state index is 0.0913. The third-order valence-electron chi connectivity index (χ3n) is 4.59. The van der Waals surface area contributed by atoms with Gasteiger partial charge in [-0.15, -0.1) is 0 Å². The molecule has 0 aliphatic heterocycles. The number of rotatable bonds is 7. The van der Waals surface area contributed by atoms with Gasteiger partial charge in [-0.3, -0.25) is 10.1 Å². The first-order valence-corrected chi connectivity index (χ1v) is 9.92. The normalized spacial score (nSPS) is 10.4. The van der Waals surface area contributed by atoms with Gasteiger partial charge >= 0.3 is 5.69 Å². The van der Waals surface area contributed by atoms with Crippen LogP contribution < -0.4 is 15.4 Å². The van der Waals surface area contributed by atoms with Crippen molar-refractivity contribution in [3.8, 4) is 11.5 Å². The minimum atomic E-state index is -0.500. The van der Waals surface area contributed by atoms with Crippen LogP contribution in [-0.4, -0.2) is 14.9 Å². The van der Waals surface area contributed by atoms with Crippen LogP contribution in [0.1, 0.15) is 11.1 Å². The SMILES string of the molecule is Cc1cc(C)cc(Nc2ncnc(Nc3ccc(Oc4ccccc4)cc3)c2[N+](=O)[O-])c1. The standard InChI is InChI=1S/C24H21N5O3/c1-16-12-17(2)14-19(13-16)28-24-22(29(30)31)23(25-15-26-24)27-18-8-10-21(11-9-18)32-20-6-4-3-5-7-20/h3-15H,1-2H3,(H2,25,26,27,28). The van der Waals surface area contributed by atoms with Gasteiger partial charge in [-0.05, 0) is 73.5 Å². The van der Waals surface area contributed by atoms with Crippen molar-refractivity contribution in [3.63, 3.8) is 0 Å². The number of para-hydroxylation sites is 1. The molecule has 4 aromatic rings. The van der Waals surface area contributed by atoms with Crippen LogP contribution in [-0.2, 0) is 0 Å². The molecule has 0 aliphatic rings. The lowest BCUT2D eigenvalue weighted by atomic mass is 10.1. The maximum absolute atomic E-state index is 11.8. The molecule has 0 unspecified atom stereocenters. The molecule has 0 saturated heterocycles. The molecule has 0 radical (unpaired) electrons. The summed E-state index contributed by atoms with van der Waals surface area (Å²) in [5, 5.41) is 17.9. The van der Waals surface area contributed by atoms with E-state index in [1.54, 1.807) is 24.3 Å². The van der Waals surface area contributed by atoms with E-state index in [1.165, 1.54) is 6.33 Å². The van der Waals surface area contributed by atoms with Gasteiger partial charge in [0.2, 0.25) is 11.6 Å². The largest absolute Gasteiger partial charge is 0.457 e. The first-order chi connectivity index (χ1) is 15.5. The second-order valence-electron chi connectivity index (χ2n) is 7.24. The molecule has 2 N–H and O–H groups in total. The lowest BCUT2D eigenvalue weighted by Crippen LogP contribution is -2.05. The zero-order valence-corrected chi connectivity index (χ0v) is 17.6. The van der Waals surface area contributed by atoms with E-state index in [0.29, 0.717) is 11.4 Å². The average Bonchev–Trinajstić information content (AvgIpc) is 2.75. The van der Waals surface area contributed by atoms with Crippen LogP contribution in [0.5, 0.6) is 11.5 Å². The maximum Gasteiger partial charge on any atom is 0.353 e. The van der Waals surface area contributed by atoms with Gasteiger partial charge in [0.1, 0.15) is 17.8 Å². The van der Waals surface area contributed by atoms with Gasteiger partial charge in [-0.1, -0.05) is 24.3 Å². The van der Waals surface area contributed by atoms with Gasteiger partial charge in [0, 0.05) is 11.4 Å². The van der Waals surface area contributed by atoms with E-state index < -0.39 is 4.92 Å². The van der Waals surface area contributed by atoms with E-state index >= 15 is 0 Å². The van der Waals surface area contributed by atoms with Gasteiger partial charge in [-0.2, -0.15) is 0 Å². The zero-order chi connectivity index (χ0) is 22.5. The highest BCUT2D eigenvalue weighted by Gasteiger charge is 2.23. The Labute approximate surface area is 185 Å². The number of ether oxygens (including phenoxy) is 1. The number of anilines is 4. The fourth-order valence-electron chi connectivity index (χ4n) is 3.29. The molecule has 8 nitrogen and oxygen atoms in total. The van der Waals surface area contributed by atoms with Crippen LogP contribution in [0.15, 0.2) is 79.1 Å². The van der Waals surface area contributed by atoms with Crippen LogP contribution in [0, 0.1) is 24.0 Å². The third kappa shape index (κ3) is 4.99. The summed E-state index contributed by atoms with van der Waals surface area (Å²) in [6.45, 7) is 3.93. The van der Waals surface area contributed by atoms with Gasteiger partial charge in [0.25, 0.3) is 0 Å². The topological polar surface area (TPSA) is 102 Å². The molecule has 1 aromatic heterocycles. The summed E-state index contributed by atoms with van der Waals surface area (Å²) in [6.07, 6.45) is 1.28. The summed E-state index contributed by atoms with van der Waals surface area (Å²) >= 11 is 0. The number of nitrogens with one attached hydrogen (secondary N) is 2. The number of hydrogen-bond acceptors (Lipinski definition) is 7. The summed E-state index contributed by atoms with van der Waals surface area (Å²) < 4.78 is 5.78. The highest BCUT2D eigenvalue weighted by molar-refractivity contribution is 5.77. The molecular weight excluding hydrogens is 406 g/mol. The summed E-state index contributed by atoms with van der Waals surface area (Å²) in [5.41, 5.74) is 3.19. The molecule has 0 saturated carbocycles. The number of aromatic nitrogens is 2. The molecule has 0 bridgehead atoms. The van der Waals surface area contributed by atoms with E-state index in [1.807, 2.05) is 62.4 Å². The lowest BCUT2D eigenvalue weighted by Gasteiger charge is -2.11. The predicted molar refractivity (Wildman–Crippen MR) is 124 cm³/mol. The second kappa shape index (κ2) is 9.13. The van der Waals surface area contributed by atoms with Crippen LogP contribution >= 0.6 is 0 Å². The Hall–Kier alpha value is -4.46. The van der Waals surface area contributed by atoms with E-state index in [9.17, 15) is 10.1 Å². The van der Waals surface area contributed by atoms with Gasteiger partial charge < -0.3 is 15.4 Å². The number of benzene rings is 3.